The Bertz CT molecular complexity index is 433. The fourth-order valence-electron chi connectivity index (χ4n) is 1.93. The summed E-state index contributed by atoms with van der Waals surface area (Å²) in [7, 11) is 0. The second-order valence-corrected chi connectivity index (χ2v) is 4.98. The minimum Gasteiger partial charge on any atom is -0.327 e. The van der Waals surface area contributed by atoms with Gasteiger partial charge < -0.3 is 5.73 Å². The number of benzene rings is 1. The van der Waals surface area contributed by atoms with Crippen LogP contribution in [0.1, 0.15) is 24.8 Å². The van der Waals surface area contributed by atoms with Crippen molar-refractivity contribution in [3.05, 3.63) is 38.9 Å². The minimum absolute atomic E-state index is 0.0326. The van der Waals surface area contributed by atoms with Crippen molar-refractivity contribution < 1.29 is 4.92 Å². The van der Waals surface area contributed by atoms with E-state index in [-0.39, 0.29) is 11.7 Å². The van der Waals surface area contributed by atoms with E-state index < -0.39 is 4.92 Å². The normalized spacial score (nSPS) is 16.8. The zero-order valence-corrected chi connectivity index (χ0v) is 10.2. The van der Waals surface area contributed by atoms with Gasteiger partial charge in [0.05, 0.1) is 9.95 Å². The van der Waals surface area contributed by atoms with Crippen LogP contribution in [0.15, 0.2) is 18.2 Å². The maximum absolute atomic E-state index is 10.6. The SMILES string of the molecule is NC(CCc1ccc([N+](=O)[O-])cc1Cl)C1CC1. The van der Waals surface area contributed by atoms with Crippen LogP contribution >= 0.6 is 11.6 Å². The molecule has 1 saturated carbocycles. The van der Waals surface area contributed by atoms with E-state index in [9.17, 15) is 10.1 Å². The second kappa shape index (κ2) is 5.02. The number of nitro groups is 1. The molecule has 0 heterocycles. The maximum atomic E-state index is 10.6. The molecule has 0 radical (unpaired) electrons. The van der Waals surface area contributed by atoms with E-state index >= 15 is 0 Å². The average molecular weight is 255 g/mol. The van der Waals surface area contributed by atoms with Gasteiger partial charge in [-0.2, -0.15) is 0 Å². The minimum atomic E-state index is -0.439. The predicted octanol–water partition coefficient (Wildman–Crippen LogP) is 2.92. The van der Waals surface area contributed by atoms with Crippen LogP contribution in [0.2, 0.25) is 5.02 Å². The van der Waals surface area contributed by atoms with Crippen LogP contribution < -0.4 is 5.73 Å². The Labute approximate surface area is 105 Å². The molecule has 92 valence electrons. The van der Waals surface area contributed by atoms with Gasteiger partial charge in [0.1, 0.15) is 0 Å². The molecule has 1 fully saturated rings. The number of non-ortho nitro benzene ring substituents is 1. The average Bonchev–Trinajstić information content (AvgIpc) is 3.10. The van der Waals surface area contributed by atoms with Gasteiger partial charge in [0.25, 0.3) is 5.69 Å². The van der Waals surface area contributed by atoms with Crippen molar-refractivity contribution in [1.82, 2.24) is 0 Å². The number of nitrogens with two attached hydrogens (primary N) is 1. The lowest BCUT2D eigenvalue weighted by Crippen LogP contribution is -2.22. The summed E-state index contributed by atoms with van der Waals surface area (Å²) >= 11 is 6.01. The van der Waals surface area contributed by atoms with Crippen LogP contribution in [-0.2, 0) is 6.42 Å². The summed E-state index contributed by atoms with van der Waals surface area (Å²) in [6, 6.07) is 4.85. The van der Waals surface area contributed by atoms with Gasteiger partial charge in [-0.15, -0.1) is 0 Å². The van der Waals surface area contributed by atoms with Gasteiger partial charge in [-0.3, -0.25) is 10.1 Å². The van der Waals surface area contributed by atoms with E-state index in [0.717, 1.165) is 18.4 Å². The molecule has 0 amide bonds. The topological polar surface area (TPSA) is 69.2 Å². The third-order valence-electron chi connectivity index (χ3n) is 3.22. The summed E-state index contributed by atoms with van der Waals surface area (Å²) < 4.78 is 0. The van der Waals surface area contributed by atoms with Crippen molar-refractivity contribution in [2.45, 2.75) is 31.7 Å². The van der Waals surface area contributed by atoms with Crippen molar-refractivity contribution in [2.75, 3.05) is 0 Å². The van der Waals surface area contributed by atoms with Gasteiger partial charge in [0.15, 0.2) is 0 Å². The summed E-state index contributed by atoms with van der Waals surface area (Å²) in [4.78, 5) is 10.1. The number of nitro benzene ring substituents is 1. The predicted molar refractivity (Wildman–Crippen MR) is 67.1 cm³/mol. The molecule has 0 spiro atoms. The van der Waals surface area contributed by atoms with Crippen LogP contribution in [0, 0.1) is 16.0 Å². The van der Waals surface area contributed by atoms with Crippen LogP contribution in [-0.4, -0.2) is 11.0 Å². The van der Waals surface area contributed by atoms with Gasteiger partial charge in [-0.05, 0) is 37.2 Å². The molecule has 2 rings (SSSR count). The summed E-state index contributed by atoms with van der Waals surface area (Å²) in [6.07, 6.45) is 4.14. The lowest BCUT2D eigenvalue weighted by Gasteiger charge is -2.10. The van der Waals surface area contributed by atoms with Crippen molar-refractivity contribution >= 4 is 17.3 Å². The largest absolute Gasteiger partial charge is 0.327 e. The number of hydrogen-bond donors (Lipinski definition) is 1. The molecular formula is C12H15ClN2O2. The molecule has 1 aliphatic rings. The van der Waals surface area contributed by atoms with Crippen LogP contribution in [0.5, 0.6) is 0 Å². The van der Waals surface area contributed by atoms with Gasteiger partial charge in [0, 0.05) is 18.2 Å². The van der Waals surface area contributed by atoms with E-state index in [2.05, 4.69) is 0 Å². The zero-order chi connectivity index (χ0) is 12.4. The Kier molecular flexibility index (Phi) is 3.64. The highest BCUT2D eigenvalue weighted by Crippen LogP contribution is 2.33. The highest BCUT2D eigenvalue weighted by atomic mass is 35.5. The summed E-state index contributed by atoms with van der Waals surface area (Å²) in [6.45, 7) is 0. The van der Waals surface area contributed by atoms with Crippen LogP contribution in [0.3, 0.4) is 0 Å². The molecule has 0 bridgehead atoms. The number of nitrogens with zero attached hydrogens (tertiary/aromatic N) is 1. The van der Waals surface area contributed by atoms with E-state index in [4.69, 9.17) is 17.3 Å². The molecule has 17 heavy (non-hydrogen) atoms. The molecule has 2 N–H and O–H groups in total. The summed E-state index contributed by atoms with van der Waals surface area (Å²) in [5.41, 5.74) is 6.97. The Morgan fingerprint density at radius 2 is 2.24 bits per heavy atom. The molecule has 0 aromatic heterocycles. The molecule has 4 nitrogen and oxygen atoms in total. The second-order valence-electron chi connectivity index (χ2n) is 4.57. The monoisotopic (exact) mass is 254 g/mol. The van der Waals surface area contributed by atoms with Gasteiger partial charge in [-0.25, -0.2) is 0 Å². The van der Waals surface area contributed by atoms with Crippen LogP contribution in [0.4, 0.5) is 5.69 Å². The smallest absolute Gasteiger partial charge is 0.270 e. The first-order valence-corrected chi connectivity index (χ1v) is 6.14. The van der Waals surface area contributed by atoms with Crippen molar-refractivity contribution in [2.24, 2.45) is 11.7 Å². The van der Waals surface area contributed by atoms with Crippen LogP contribution in [0.25, 0.3) is 0 Å². The van der Waals surface area contributed by atoms with Gasteiger partial charge in [-0.1, -0.05) is 17.7 Å². The molecule has 0 saturated heterocycles. The van der Waals surface area contributed by atoms with E-state index in [1.165, 1.54) is 25.0 Å². The lowest BCUT2D eigenvalue weighted by molar-refractivity contribution is -0.384. The van der Waals surface area contributed by atoms with E-state index in [1.54, 1.807) is 6.07 Å². The third kappa shape index (κ3) is 3.17. The first kappa shape index (κ1) is 12.3. The first-order chi connectivity index (χ1) is 8.08. The molecule has 1 aromatic rings. The number of aryl methyl sites for hydroxylation is 1. The fraction of sp³-hybridized carbons (Fsp3) is 0.500. The summed E-state index contributed by atoms with van der Waals surface area (Å²) in [5, 5.41) is 11.0. The van der Waals surface area contributed by atoms with Gasteiger partial charge >= 0.3 is 0 Å². The molecular weight excluding hydrogens is 240 g/mol. The Balaban J connectivity index is 1.98. The number of hydrogen-bond acceptors (Lipinski definition) is 3. The number of halogens is 1. The Morgan fingerprint density at radius 3 is 2.76 bits per heavy atom. The van der Waals surface area contributed by atoms with Crippen molar-refractivity contribution in [3.63, 3.8) is 0 Å². The van der Waals surface area contributed by atoms with Crippen molar-refractivity contribution in [3.8, 4) is 0 Å². The maximum Gasteiger partial charge on any atom is 0.270 e. The fourth-order valence-corrected chi connectivity index (χ4v) is 2.20. The first-order valence-electron chi connectivity index (χ1n) is 5.76. The molecule has 5 heteroatoms. The Morgan fingerprint density at radius 1 is 1.53 bits per heavy atom. The molecule has 0 aliphatic heterocycles. The van der Waals surface area contributed by atoms with Gasteiger partial charge in [0.2, 0.25) is 0 Å². The van der Waals surface area contributed by atoms with E-state index in [1.807, 2.05) is 0 Å². The molecule has 1 aromatic carbocycles. The number of rotatable bonds is 5. The highest BCUT2D eigenvalue weighted by Gasteiger charge is 2.28. The third-order valence-corrected chi connectivity index (χ3v) is 3.57. The molecule has 1 atom stereocenters. The quantitative estimate of drug-likeness (QED) is 0.649. The zero-order valence-electron chi connectivity index (χ0n) is 9.43. The summed E-state index contributed by atoms with van der Waals surface area (Å²) in [5.74, 6) is 0.673. The van der Waals surface area contributed by atoms with Crippen molar-refractivity contribution in [1.29, 1.82) is 0 Å². The highest BCUT2D eigenvalue weighted by molar-refractivity contribution is 6.31. The lowest BCUT2D eigenvalue weighted by atomic mass is 10.0. The molecule has 1 unspecified atom stereocenters. The van der Waals surface area contributed by atoms with E-state index in [0.29, 0.717) is 10.9 Å². The Hall–Kier alpha value is -1.13. The molecule has 1 aliphatic carbocycles. The standard InChI is InChI=1S/C12H15ClN2O2/c13-11-7-10(15(16)17)5-3-8(11)4-6-12(14)9-1-2-9/h3,5,7,9,12H,1-2,4,6,14H2.